The van der Waals surface area contributed by atoms with E-state index in [9.17, 15) is 9.59 Å². The fourth-order valence-corrected chi connectivity index (χ4v) is 8.83. The third-order valence-electron chi connectivity index (χ3n) is 9.67. The monoisotopic (exact) mass is 854 g/mol. The van der Waals surface area contributed by atoms with Crippen LogP contribution >= 0.6 is 46.7 Å². The lowest BCUT2D eigenvalue weighted by Crippen LogP contribution is -2.25. The Kier molecular flexibility index (Phi) is 14.1. The summed E-state index contributed by atoms with van der Waals surface area (Å²) in [6, 6.07) is 43.4. The Morgan fingerprint density at radius 3 is 1.66 bits per heavy atom. The van der Waals surface area contributed by atoms with Crippen LogP contribution < -0.4 is 10.6 Å². The van der Waals surface area contributed by atoms with Crippen LogP contribution in [0.3, 0.4) is 0 Å². The zero-order valence-electron chi connectivity index (χ0n) is 33.1. The minimum absolute atomic E-state index is 0.0590. The summed E-state index contributed by atoms with van der Waals surface area (Å²) in [4.78, 5) is 39.5. The SMILES string of the molecule is CC(C)CCNC(=O)c1ccc2c(c1)N=C(c1cccc(Cl)c1)c1ccccc1S2.CCCCNC(=O)c1ccc2c(c1)N=C(c1ccc(Cl)cc1)c1ccccc1S2. The van der Waals surface area contributed by atoms with Gasteiger partial charge in [0.1, 0.15) is 0 Å². The molecule has 6 nitrogen and oxygen atoms in total. The second-order valence-corrected chi connectivity index (χ2v) is 17.6. The summed E-state index contributed by atoms with van der Waals surface area (Å²) < 4.78 is 0. The topological polar surface area (TPSA) is 82.9 Å². The predicted molar refractivity (Wildman–Crippen MR) is 247 cm³/mol. The maximum absolute atomic E-state index is 12.6. The molecule has 0 atom stereocenters. The highest BCUT2D eigenvalue weighted by Crippen LogP contribution is 2.43. The summed E-state index contributed by atoms with van der Waals surface area (Å²) in [6.07, 6.45) is 2.98. The van der Waals surface area contributed by atoms with Gasteiger partial charge in [-0.1, -0.05) is 135 Å². The molecule has 59 heavy (non-hydrogen) atoms. The lowest BCUT2D eigenvalue weighted by atomic mass is 10.0. The van der Waals surface area contributed by atoms with Gasteiger partial charge in [0.15, 0.2) is 0 Å². The van der Waals surface area contributed by atoms with Gasteiger partial charge >= 0.3 is 0 Å². The molecule has 2 amide bonds. The Hall–Kier alpha value is -5.12. The molecule has 2 aliphatic heterocycles. The first-order chi connectivity index (χ1) is 28.7. The van der Waals surface area contributed by atoms with Crippen molar-refractivity contribution in [2.75, 3.05) is 13.1 Å². The third kappa shape index (κ3) is 10.6. The summed E-state index contributed by atoms with van der Waals surface area (Å²) in [5, 5.41) is 7.35. The zero-order valence-corrected chi connectivity index (χ0v) is 36.2. The van der Waals surface area contributed by atoms with E-state index >= 15 is 0 Å². The summed E-state index contributed by atoms with van der Waals surface area (Å²) in [7, 11) is 0. The number of nitrogens with one attached hydrogen (secondary N) is 2. The number of aliphatic imine (C=N–C) groups is 2. The highest BCUT2D eigenvalue weighted by molar-refractivity contribution is 7.99. The van der Waals surface area contributed by atoms with Gasteiger partial charge in [-0.25, -0.2) is 9.98 Å². The number of unbranched alkanes of at least 4 members (excludes halogenated alkanes) is 1. The van der Waals surface area contributed by atoms with E-state index in [2.05, 4.69) is 55.7 Å². The first-order valence-corrected chi connectivity index (χ1v) is 22.1. The van der Waals surface area contributed by atoms with E-state index < -0.39 is 0 Å². The van der Waals surface area contributed by atoms with Crippen molar-refractivity contribution >= 4 is 81.3 Å². The van der Waals surface area contributed by atoms with Gasteiger partial charge in [0.05, 0.1) is 22.8 Å². The highest BCUT2D eigenvalue weighted by Gasteiger charge is 2.22. The Morgan fingerprint density at radius 2 is 1.12 bits per heavy atom. The van der Waals surface area contributed by atoms with Crippen molar-refractivity contribution in [3.8, 4) is 0 Å². The average Bonchev–Trinajstić information content (AvgIpc) is 3.51. The van der Waals surface area contributed by atoms with E-state index in [1.54, 1.807) is 23.5 Å². The quantitative estimate of drug-likeness (QED) is 0.134. The van der Waals surface area contributed by atoms with E-state index in [-0.39, 0.29) is 11.8 Å². The molecule has 0 aliphatic carbocycles. The molecule has 2 aliphatic rings. The lowest BCUT2D eigenvalue weighted by Gasteiger charge is -2.09. The molecule has 0 aromatic heterocycles. The molecule has 0 radical (unpaired) electrons. The molecule has 2 N–H and O–H groups in total. The van der Waals surface area contributed by atoms with Crippen LogP contribution in [-0.2, 0) is 0 Å². The van der Waals surface area contributed by atoms with Gasteiger partial charge < -0.3 is 10.6 Å². The Balaban J connectivity index is 0.000000179. The molecule has 0 saturated carbocycles. The van der Waals surface area contributed by atoms with E-state index in [0.29, 0.717) is 40.2 Å². The van der Waals surface area contributed by atoms with Crippen molar-refractivity contribution in [2.45, 2.75) is 59.6 Å². The smallest absolute Gasteiger partial charge is 0.251 e. The van der Waals surface area contributed by atoms with Gasteiger partial charge in [0.2, 0.25) is 0 Å². The largest absolute Gasteiger partial charge is 0.352 e. The lowest BCUT2D eigenvalue weighted by molar-refractivity contribution is 0.0944. The highest BCUT2D eigenvalue weighted by atomic mass is 35.5. The molecule has 6 aromatic rings. The number of carbonyl (C=O) groups is 2. The van der Waals surface area contributed by atoms with E-state index in [4.69, 9.17) is 33.2 Å². The Labute approximate surface area is 365 Å². The maximum atomic E-state index is 12.6. The van der Waals surface area contributed by atoms with Crippen LogP contribution in [-0.4, -0.2) is 36.3 Å². The van der Waals surface area contributed by atoms with Gasteiger partial charge in [-0.2, -0.15) is 0 Å². The predicted octanol–water partition coefficient (Wildman–Crippen LogP) is 13.3. The van der Waals surface area contributed by atoms with Crippen LogP contribution in [0.25, 0.3) is 0 Å². The number of amides is 2. The van der Waals surface area contributed by atoms with E-state index in [0.717, 1.165) is 83.9 Å². The zero-order chi connectivity index (χ0) is 41.3. The number of benzene rings is 6. The molecule has 0 spiro atoms. The molecule has 0 unspecified atom stereocenters. The van der Waals surface area contributed by atoms with Crippen molar-refractivity contribution in [1.29, 1.82) is 0 Å². The first kappa shape index (κ1) is 42.0. The molecule has 10 heteroatoms. The van der Waals surface area contributed by atoms with Crippen LogP contribution in [0.5, 0.6) is 0 Å². The molecular formula is C49H44Cl2N4O2S2. The van der Waals surface area contributed by atoms with Gasteiger partial charge in [0, 0.05) is 76.1 Å². The molecule has 0 saturated heterocycles. The van der Waals surface area contributed by atoms with Crippen LogP contribution in [0.15, 0.2) is 163 Å². The van der Waals surface area contributed by atoms with Crippen LogP contribution in [0.4, 0.5) is 11.4 Å². The van der Waals surface area contributed by atoms with E-state index in [1.165, 1.54) is 0 Å². The third-order valence-corrected chi connectivity index (χ3v) is 12.4. The second kappa shape index (κ2) is 19.8. The van der Waals surface area contributed by atoms with Crippen LogP contribution in [0.1, 0.15) is 83.0 Å². The number of nitrogens with zero attached hydrogens (tertiary/aromatic N) is 2. The fourth-order valence-electron chi connectivity index (χ4n) is 6.51. The number of fused-ring (bicyclic) bond motifs is 4. The van der Waals surface area contributed by atoms with Crippen LogP contribution in [0, 0.1) is 5.92 Å². The van der Waals surface area contributed by atoms with Crippen molar-refractivity contribution in [1.82, 2.24) is 10.6 Å². The number of hydrogen-bond donors (Lipinski definition) is 2. The van der Waals surface area contributed by atoms with Gasteiger partial charge in [-0.05, 0) is 91.6 Å². The van der Waals surface area contributed by atoms with Gasteiger partial charge in [-0.15, -0.1) is 0 Å². The van der Waals surface area contributed by atoms with Gasteiger partial charge in [-0.3, -0.25) is 9.59 Å². The Morgan fingerprint density at radius 1 is 0.576 bits per heavy atom. The average molecular weight is 856 g/mol. The molecular weight excluding hydrogens is 812 g/mol. The van der Waals surface area contributed by atoms with Crippen LogP contribution in [0.2, 0.25) is 10.0 Å². The molecule has 8 rings (SSSR count). The summed E-state index contributed by atoms with van der Waals surface area (Å²) in [5.41, 5.74) is 8.67. The summed E-state index contributed by atoms with van der Waals surface area (Å²) >= 11 is 15.7. The summed E-state index contributed by atoms with van der Waals surface area (Å²) in [5.74, 6) is 0.429. The van der Waals surface area contributed by atoms with Crippen molar-refractivity contribution in [2.24, 2.45) is 15.9 Å². The first-order valence-electron chi connectivity index (χ1n) is 19.7. The second-order valence-electron chi connectivity index (χ2n) is 14.5. The summed E-state index contributed by atoms with van der Waals surface area (Å²) in [6.45, 7) is 7.76. The number of carbonyl (C=O) groups excluding carboxylic acids is 2. The minimum atomic E-state index is -0.0651. The van der Waals surface area contributed by atoms with Gasteiger partial charge in [0.25, 0.3) is 11.8 Å². The van der Waals surface area contributed by atoms with Crippen molar-refractivity contribution < 1.29 is 9.59 Å². The normalized spacial score (nSPS) is 12.5. The molecule has 0 bridgehead atoms. The standard InChI is InChI=1S/C25H23ClN2OS.C24H21ClN2OS/c1-16(2)12-13-27-25(29)18-10-11-23-21(15-18)28-24(17-6-5-7-19(26)14-17)20-8-3-4-9-22(20)30-23;1-2-3-14-26-24(28)17-10-13-22-20(15-17)27-23(16-8-11-18(25)12-9-16)19-6-4-5-7-21(19)29-22/h3-11,14-16H,12-13H2,1-2H3,(H,27,29);4-13,15H,2-3,14H2,1H3,(H,26,28). The maximum Gasteiger partial charge on any atom is 0.251 e. The number of rotatable bonds is 10. The van der Waals surface area contributed by atoms with E-state index in [1.807, 2.05) is 109 Å². The molecule has 2 heterocycles. The number of halogens is 2. The van der Waals surface area contributed by atoms with Crippen molar-refractivity contribution in [3.05, 3.63) is 177 Å². The molecule has 298 valence electrons. The molecule has 6 aromatic carbocycles. The number of hydrogen-bond acceptors (Lipinski definition) is 6. The molecule has 0 fully saturated rings. The minimum Gasteiger partial charge on any atom is -0.352 e. The fraction of sp³-hybridized carbons (Fsp3) is 0.184. The Bertz CT molecular complexity index is 2550. The van der Waals surface area contributed by atoms with Crippen molar-refractivity contribution in [3.63, 3.8) is 0 Å².